The molecule has 0 spiro atoms. The summed E-state index contributed by atoms with van der Waals surface area (Å²) in [7, 11) is 0. The Hall–Kier alpha value is -1.56. The van der Waals surface area contributed by atoms with Gasteiger partial charge in [0, 0.05) is 30.9 Å². The average molecular weight is 235 g/mol. The van der Waals surface area contributed by atoms with E-state index in [1.54, 1.807) is 23.7 Å². The van der Waals surface area contributed by atoms with Crippen molar-refractivity contribution in [1.29, 1.82) is 0 Å². The van der Waals surface area contributed by atoms with E-state index < -0.39 is 0 Å². The van der Waals surface area contributed by atoms with Crippen molar-refractivity contribution in [3.63, 3.8) is 0 Å². The largest absolute Gasteiger partial charge is 0.356 e. The first-order chi connectivity index (χ1) is 7.88. The summed E-state index contributed by atoms with van der Waals surface area (Å²) in [4.78, 5) is 7.90. The quantitative estimate of drug-likeness (QED) is 0.857. The molecular formula is C10H13N5S. The molecule has 0 aliphatic heterocycles. The monoisotopic (exact) mass is 235 g/mol. The van der Waals surface area contributed by atoms with Crippen molar-refractivity contribution in [2.75, 3.05) is 5.32 Å². The maximum absolute atomic E-state index is 4.09. The van der Waals surface area contributed by atoms with Gasteiger partial charge < -0.3 is 5.32 Å². The molecule has 84 valence electrons. The van der Waals surface area contributed by atoms with E-state index in [4.69, 9.17) is 0 Å². The van der Waals surface area contributed by atoms with Crippen LogP contribution in [0.4, 0.5) is 5.13 Å². The van der Waals surface area contributed by atoms with Crippen LogP contribution in [-0.2, 0) is 13.0 Å². The van der Waals surface area contributed by atoms with Gasteiger partial charge in [0.1, 0.15) is 11.3 Å². The van der Waals surface area contributed by atoms with Crippen LogP contribution < -0.4 is 5.32 Å². The molecular weight excluding hydrogens is 222 g/mol. The lowest BCUT2D eigenvalue weighted by Crippen LogP contribution is -1.99. The molecule has 0 aliphatic rings. The summed E-state index contributed by atoms with van der Waals surface area (Å²) in [5.41, 5.74) is 1.04. The summed E-state index contributed by atoms with van der Waals surface area (Å²) in [6, 6.07) is 0. The molecule has 0 bridgehead atoms. The van der Waals surface area contributed by atoms with E-state index >= 15 is 0 Å². The maximum atomic E-state index is 4.09. The highest BCUT2D eigenvalue weighted by atomic mass is 32.1. The topological polar surface area (TPSA) is 63.6 Å². The summed E-state index contributed by atoms with van der Waals surface area (Å²) in [5.74, 6) is 0. The fourth-order valence-corrected chi connectivity index (χ4v) is 2.08. The summed E-state index contributed by atoms with van der Waals surface area (Å²) in [6.07, 6.45) is 7.19. The molecule has 0 fully saturated rings. The molecule has 0 aliphatic carbocycles. The molecule has 0 saturated heterocycles. The van der Waals surface area contributed by atoms with E-state index in [1.165, 1.54) is 6.33 Å². The Morgan fingerprint density at radius 2 is 2.06 bits per heavy atom. The number of nitrogens with zero attached hydrogens (tertiary/aromatic N) is 4. The third-order valence-electron chi connectivity index (χ3n) is 1.99. The van der Waals surface area contributed by atoms with Gasteiger partial charge in [-0.3, -0.25) is 0 Å². The van der Waals surface area contributed by atoms with Crippen LogP contribution in [-0.4, -0.2) is 20.2 Å². The Labute approximate surface area is 98.0 Å². The number of rotatable bonds is 5. The van der Waals surface area contributed by atoms with Gasteiger partial charge in [-0.1, -0.05) is 18.3 Å². The smallest absolute Gasteiger partial charge is 0.205 e. The Kier molecular flexibility index (Phi) is 3.76. The normalized spacial score (nSPS) is 10.3. The summed E-state index contributed by atoms with van der Waals surface area (Å²) in [6.45, 7) is 2.82. The van der Waals surface area contributed by atoms with Gasteiger partial charge >= 0.3 is 0 Å². The van der Waals surface area contributed by atoms with Crippen molar-refractivity contribution in [1.82, 2.24) is 20.2 Å². The Morgan fingerprint density at radius 3 is 2.81 bits per heavy atom. The highest BCUT2D eigenvalue weighted by Crippen LogP contribution is 2.16. The first kappa shape index (κ1) is 10.9. The zero-order valence-electron chi connectivity index (χ0n) is 9.05. The van der Waals surface area contributed by atoms with Crippen molar-refractivity contribution in [2.24, 2.45) is 0 Å². The zero-order valence-corrected chi connectivity index (χ0v) is 9.87. The molecule has 2 aromatic rings. The molecule has 0 atom stereocenters. The Bertz CT molecular complexity index is 428. The van der Waals surface area contributed by atoms with Crippen LogP contribution in [0.1, 0.15) is 23.9 Å². The highest BCUT2D eigenvalue weighted by Gasteiger charge is 2.02. The van der Waals surface area contributed by atoms with E-state index in [2.05, 4.69) is 32.4 Å². The summed E-state index contributed by atoms with van der Waals surface area (Å²) < 4.78 is 0. The average Bonchev–Trinajstić information content (AvgIpc) is 2.76. The lowest BCUT2D eigenvalue weighted by Gasteiger charge is -1.99. The molecule has 5 nitrogen and oxygen atoms in total. The molecule has 0 unspecified atom stereocenters. The zero-order chi connectivity index (χ0) is 11.2. The lowest BCUT2D eigenvalue weighted by atomic mass is 10.3. The molecule has 6 heteroatoms. The minimum Gasteiger partial charge on any atom is -0.356 e. The van der Waals surface area contributed by atoms with Gasteiger partial charge in [-0.2, -0.15) is 0 Å². The number of hydrogen-bond acceptors (Lipinski definition) is 6. The van der Waals surface area contributed by atoms with E-state index in [1.807, 2.05) is 0 Å². The Balaban J connectivity index is 1.89. The molecule has 0 amide bonds. The molecule has 2 heterocycles. The van der Waals surface area contributed by atoms with Gasteiger partial charge in [-0.25, -0.2) is 9.97 Å². The standard InChI is InChI=1S/C10H13N5S/c1-2-3-9-14-15-10(16-9)13-6-8-4-11-7-12-5-8/h4-5,7H,2-3,6H2,1H3,(H,13,15). The minimum absolute atomic E-state index is 0.682. The number of anilines is 1. The minimum atomic E-state index is 0.682. The van der Waals surface area contributed by atoms with Crippen molar-refractivity contribution < 1.29 is 0 Å². The second-order valence-electron chi connectivity index (χ2n) is 3.35. The lowest BCUT2D eigenvalue weighted by molar-refractivity contribution is 0.877. The van der Waals surface area contributed by atoms with Crippen molar-refractivity contribution >= 4 is 16.5 Å². The van der Waals surface area contributed by atoms with Gasteiger partial charge in [-0.05, 0) is 6.42 Å². The molecule has 2 aromatic heterocycles. The van der Waals surface area contributed by atoms with Crippen LogP contribution in [0.15, 0.2) is 18.7 Å². The van der Waals surface area contributed by atoms with E-state index in [-0.39, 0.29) is 0 Å². The first-order valence-corrected chi connectivity index (χ1v) is 6.00. The van der Waals surface area contributed by atoms with Gasteiger partial charge in [0.25, 0.3) is 0 Å². The van der Waals surface area contributed by atoms with E-state index in [9.17, 15) is 0 Å². The van der Waals surface area contributed by atoms with E-state index in [0.717, 1.165) is 28.5 Å². The van der Waals surface area contributed by atoms with Crippen LogP contribution in [0.2, 0.25) is 0 Å². The molecule has 0 aromatic carbocycles. The maximum Gasteiger partial charge on any atom is 0.205 e. The fraction of sp³-hybridized carbons (Fsp3) is 0.400. The van der Waals surface area contributed by atoms with Crippen LogP contribution in [0.3, 0.4) is 0 Å². The van der Waals surface area contributed by atoms with E-state index in [0.29, 0.717) is 6.54 Å². The van der Waals surface area contributed by atoms with Crippen molar-refractivity contribution in [3.05, 3.63) is 29.3 Å². The number of nitrogens with one attached hydrogen (secondary N) is 1. The van der Waals surface area contributed by atoms with Crippen LogP contribution in [0, 0.1) is 0 Å². The van der Waals surface area contributed by atoms with Crippen LogP contribution in [0.25, 0.3) is 0 Å². The third-order valence-corrected chi connectivity index (χ3v) is 2.93. The SMILES string of the molecule is CCCc1nnc(NCc2cncnc2)s1. The highest BCUT2D eigenvalue weighted by molar-refractivity contribution is 7.15. The summed E-state index contributed by atoms with van der Waals surface area (Å²) >= 11 is 1.60. The van der Waals surface area contributed by atoms with Crippen LogP contribution in [0.5, 0.6) is 0 Å². The third kappa shape index (κ3) is 2.96. The molecule has 0 saturated carbocycles. The number of hydrogen-bond donors (Lipinski definition) is 1. The van der Waals surface area contributed by atoms with Crippen LogP contribution >= 0.6 is 11.3 Å². The second kappa shape index (κ2) is 5.50. The van der Waals surface area contributed by atoms with Gasteiger partial charge in [0.05, 0.1) is 0 Å². The predicted molar refractivity (Wildman–Crippen MR) is 63.3 cm³/mol. The second-order valence-corrected chi connectivity index (χ2v) is 4.41. The summed E-state index contributed by atoms with van der Waals surface area (Å²) in [5, 5.41) is 13.3. The fourth-order valence-electron chi connectivity index (χ4n) is 1.24. The Morgan fingerprint density at radius 1 is 1.25 bits per heavy atom. The molecule has 1 N–H and O–H groups in total. The molecule has 16 heavy (non-hydrogen) atoms. The van der Waals surface area contributed by atoms with Crippen molar-refractivity contribution in [3.8, 4) is 0 Å². The first-order valence-electron chi connectivity index (χ1n) is 5.18. The predicted octanol–water partition coefficient (Wildman–Crippen LogP) is 1.89. The molecule has 2 rings (SSSR count). The van der Waals surface area contributed by atoms with Gasteiger partial charge in [0.2, 0.25) is 5.13 Å². The molecule has 0 radical (unpaired) electrons. The number of aromatic nitrogens is 4. The van der Waals surface area contributed by atoms with Gasteiger partial charge in [0.15, 0.2) is 0 Å². The number of aryl methyl sites for hydroxylation is 1. The van der Waals surface area contributed by atoms with Gasteiger partial charge in [-0.15, -0.1) is 10.2 Å². The van der Waals surface area contributed by atoms with Crippen molar-refractivity contribution in [2.45, 2.75) is 26.3 Å².